The highest BCUT2D eigenvalue weighted by Crippen LogP contribution is 2.49. The molecule has 0 radical (unpaired) electrons. The average molecular weight is 353 g/mol. The van der Waals surface area contributed by atoms with Crippen LogP contribution in [-0.4, -0.2) is 32.1 Å². The van der Waals surface area contributed by atoms with Crippen molar-refractivity contribution in [3.05, 3.63) is 48.0 Å². The maximum atomic E-state index is 13.1. The van der Waals surface area contributed by atoms with Crippen LogP contribution in [0.15, 0.2) is 52.3 Å². The Bertz CT molecular complexity index is 728. The van der Waals surface area contributed by atoms with Gasteiger partial charge >= 0.3 is 6.18 Å². The van der Waals surface area contributed by atoms with E-state index in [2.05, 4.69) is 4.90 Å². The molecule has 0 saturated carbocycles. The maximum Gasteiger partial charge on any atom is 0.416 e. The van der Waals surface area contributed by atoms with Crippen molar-refractivity contribution in [3.63, 3.8) is 0 Å². The van der Waals surface area contributed by atoms with Crippen molar-refractivity contribution in [2.45, 2.75) is 22.4 Å². The highest BCUT2D eigenvalue weighted by atomic mass is 32.2. The van der Waals surface area contributed by atoms with Crippen molar-refractivity contribution >= 4 is 23.1 Å². The highest BCUT2D eigenvalue weighted by Gasteiger charge is 2.33. The van der Waals surface area contributed by atoms with E-state index in [1.54, 1.807) is 6.07 Å². The van der Waals surface area contributed by atoms with Crippen LogP contribution >= 0.6 is 11.8 Å². The summed E-state index contributed by atoms with van der Waals surface area (Å²) in [7, 11) is 3.99. The third-order valence-electron chi connectivity index (χ3n) is 3.94. The lowest BCUT2D eigenvalue weighted by molar-refractivity contribution is -0.137. The van der Waals surface area contributed by atoms with Crippen LogP contribution in [0.5, 0.6) is 0 Å². The highest BCUT2D eigenvalue weighted by molar-refractivity contribution is 7.99. The molecule has 0 unspecified atom stereocenters. The molecular formula is C18H19F3N2S. The minimum atomic E-state index is -4.33. The van der Waals surface area contributed by atoms with Gasteiger partial charge in [0.15, 0.2) is 0 Å². The second kappa shape index (κ2) is 6.69. The molecule has 2 aromatic rings. The number of anilines is 2. The van der Waals surface area contributed by atoms with Crippen LogP contribution in [0.25, 0.3) is 0 Å². The Hall–Kier alpha value is -1.66. The van der Waals surface area contributed by atoms with E-state index in [0.717, 1.165) is 34.5 Å². The second-order valence-corrected chi connectivity index (χ2v) is 7.14. The number of nitrogens with zero attached hydrogens (tertiary/aromatic N) is 2. The third-order valence-corrected chi connectivity index (χ3v) is 5.07. The molecule has 24 heavy (non-hydrogen) atoms. The molecule has 6 heteroatoms. The van der Waals surface area contributed by atoms with Gasteiger partial charge in [0.1, 0.15) is 0 Å². The lowest BCUT2D eigenvalue weighted by Gasteiger charge is -2.33. The molecule has 0 N–H and O–H groups in total. The Kier molecular flexibility index (Phi) is 4.78. The molecule has 2 nitrogen and oxygen atoms in total. The molecule has 0 atom stereocenters. The fourth-order valence-corrected chi connectivity index (χ4v) is 3.87. The van der Waals surface area contributed by atoms with Crippen LogP contribution < -0.4 is 4.90 Å². The van der Waals surface area contributed by atoms with E-state index < -0.39 is 11.7 Å². The van der Waals surface area contributed by atoms with Gasteiger partial charge in [-0.1, -0.05) is 23.9 Å². The van der Waals surface area contributed by atoms with E-state index in [4.69, 9.17) is 0 Å². The smallest absolute Gasteiger partial charge is 0.340 e. The fraction of sp³-hybridized carbons (Fsp3) is 0.333. The van der Waals surface area contributed by atoms with Gasteiger partial charge in [0.25, 0.3) is 0 Å². The van der Waals surface area contributed by atoms with E-state index in [0.29, 0.717) is 12.2 Å². The van der Waals surface area contributed by atoms with Crippen molar-refractivity contribution in [2.24, 2.45) is 0 Å². The summed E-state index contributed by atoms with van der Waals surface area (Å²) in [6, 6.07) is 11.9. The fourth-order valence-electron chi connectivity index (χ4n) is 2.79. The molecule has 2 aromatic carbocycles. The number of hydrogen-bond acceptors (Lipinski definition) is 3. The molecule has 1 aliphatic rings. The van der Waals surface area contributed by atoms with Crippen molar-refractivity contribution in [2.75, 3.05) is 32.1 Å². The summed E-state index contributed by atoms with van der Waals surface area (Å²) in [5.41, 5.74) is 1.03. The number of halogens is 3. The zero-order valence-electron chi connectivity index (χ0n) is 13.6. The number of hydrogen-bond donors (Lipinski definition) is 0. The van der Waals surface area contributed by atoms with Gasteiger partial charge in [-0.3, -0.25) is 0 Å². The first-order chi connectivity index (χ1) is 11.4. The van der Waals surface area contributed by atoms with Crippen LogP contribution in [0.1, 0.15) is 12.0 Å². The molecule has 0 aromatic heterocycles. The van der Waals surface area contributed by atoms with E-state index in [9.17, 15) is 13.2 Å². The van der Waals surface area contributed by atoms with Crippen LogP contribution in [-0.2, 0) is 6.18 Å². The summed E-state index contributed by atoms with van der Waals surface area (Å²) in [4.78, 5) is 6.04. The molecule has 1 heterocycles. The summed E-state index contributed by atoms with van der Waals surface area (Å²) in [5, 5.41) is 0. The van der Waals surface area contributed by atoms with Gasteiger partial charge in [-0.15, -0.1) is 0 Å². The van der Waals surface area contributed by atoms with Gasteiger partial charge in [0.2, 0.25) is 0 Å². The van der Waals surface area contributed by atoms with Gasteiger partial charge < -0.3 is 9.80 Å². The Balaban J connectivity index is 1.99. The Labute approximate surface area is 144 Å². The average Bonchev–Trinajstić information content (AvgIpc) is 2.52. The number of fused-ring (bicyclic) bond motifs is 2. The van der Waals surface area contributed by atoms with Crippen LogP contribution in [0.3, 0.4) is 0 Å². The van der Waals surface area contributed by atoms with Gasteiger partial charge in [-0.2, -0.15) is 13.2 Å². The predicted molar refractivity (Wildman–Crippen MR) is 92.2 cm³/mol. The molecule has 0 spiro atoms. The molecule has 128 valence electrons. The van der Waals surface area contributed by atoms with Gasteiger partial charge in [0.05, 0.1) is 16.9 Å². The molecule has 0 fully saturated rings. The Morgan fingerprint density at radius 2 is 1.71 bits per heavy atom. The van der Waals surface area contributed by atoms with Gasteiger partial charge in [-0.25, -0.2) is 0 Å². The first-order valence-electron chi connectivity index (χ1n) is 7.76. The van der Waals surface area contributed by atoms with Gasteiger partial charge in [-0.05, 0) is 57.4 Å². The van der Waals surface area contributed by atoms with E-state index in [1.165, 1.54) is 17.8 Å². The molecule has 0 bridgehead atoms. The quantitative estimate of drug-likeness (QED) is 0.692. The van der Waals surface area contributed by atoms with Crippen molar-refractivity contribution < 1.29 is 13.2 Å². The van der Waals surface area contributed by atoms with Crippen molar-refractivity contribution in [1.29, 1.82) is 0 Å². The minimum absolute atomic E-state index is 0.598. The topological polar surface area (TPSA) is 6.48 Å². The van der Waals surface area contributed by atoms with Crippen molar-refractivity contribution in [1.82, 2.24) is 4.90 Å². The zero-order valence-corrected chi connectivity index (χ0v) is 14.4. The SMILES string of the molecule is CN([13CH3])CCCN1c2ccccc2Sc2ccc(C(F)(F)F)cc21. The molecule has 0 saturated heterocycles. The number of alkyl halides is 3. The number of para-hydroxylation sites is 1. The molecule has 3 rings (SSSR count). The van der Waals surface area contributed by atoms with Crippen molar-refractivity contribution in [3.8, 4) is 0 Å². The maximum absolute atomic E-state index is 13.1. The molecule has 0 amide bonds. The Morgan fingerprint density at radius 1 is 1.00 bits per heavy atom. The molecule has 1 aliphatic heterocycles. The summed E-state index contributed by atoms with van der Waals surface area (Å²) < 4.78 is 39.3. The number of benzene rings is 2. The summed E-state index contributed by atoms with van der Waals surface area (Å²) in [6.45, 7) is 1.57. The third kappa shape index (κ3) is 3.54. The molecular weight excluding hydrogens is 334 g/mol. The summed E-state index contributed by atoms with van der Waals surface area (Å²) in [5.74, 6) is 0. The second-order valence-electron chi connectivity index (χ2n) is 6.06. The summed E-state index contributed by atoms with van der Waals surface area (Å²) >= 11 is 1.53. The predicted octanol–water partition coefficient (Wildman–Crippen LogP) is 5.26. The number of rotatable bonds is 4. The van der Waals surface area contributed by atoms with Crippen LogP contribution in [0.2, 0.25) is 0 Å². The molecule has 0 aliphatic carbocycles. The largest absolute Gasteiger partial charge is 0.416 e. The van der Waals surface area contributed by atoms with Crippen LogP contribution in [0.4, 0.5) is 24.5 Å². The van der Waals surface area contributed by atoms with Gasteiger partial charge in [0, 0.05) is 16.3 Å². The zero-order chi connectivity index (χ0) is 17.3. The lowest BCUT2D eigenvalue weighted by Crippen LogP contribution is -2.25. The van der Waals surface area contributed by atoms with E-state index >= 15 is 0 Å². The first-order valence-corrected chi connectivity index (χ1v) is 8.58. The van der Waals surface area contributed by atoms with E-state index in [1.807, 2.05) is 43.3 Å². The minimum Gasteiger partial charge on any atom is -0.340 e. The standard InChI is InChI=1S/C18H19F3N2S/c1-22(2)10-5-11-23-14-6-3-4-7-16(14)24-17-9-8-13(12-15(17)23)18(19,20)21/h3-4,6-9,12H,5,10-11H2,1-2H3/i1+1. The normalized spacial score (nSPS) is 13.8. The van der Waals surface area contributed by atoms with E-state index in [-0.39, 0.29) is 0 Å². The first kappa shape index (κ1) is 17.2. The Morgan fingerprint density at radius 3 is 2.42 bits per heavy atom. The lowest BCUT2D eigenvalue weighted by atomic mass is 10.1. The monoisotopic (exact) mass is 353 g/mol. The van der Waals surface area contributed by atoms with Crippen LogP contribution in [0, 0.1) is 0 Å². The summed E-state index contributed by atoms with van der Waals surface area (Å²) in [6.07, 6.45) is -3.45.